The van der Waals surface area contributed by atoms with Crippen molar-refractivity contribution in [1.29, 1.82) is 0 Å². The number of carboxylic acids is 1. The lowest BCUT2D eigenvalue weighted by molar-refractivity contribution is 0.0661. The molecular formula is C12H19NO6S. The minimum Gasteiger partial charge on any atom is -0.475 e. The van der Waals surface area contributed by atoms with E-state index in [-0.39, 0.29) is 23.8 Å². The molecule has 114 valence electrons. The number of carboxylic acid groups (broad SMARTS) is 1. The van der Waals surface area contributed by atoms with Gasteiger partial charge < -0.3 is 14.3 Å². The summed E-state index contributed by atoms with van der Waals surface area (Å²) >= 11 is 0. The lowest BCUT2D eigenvalue weighted by Gasteiger charge is -2.06. The normalized spacial score (nSPS) is 11.7. The second-order valence-electron chi connectivity index (χ2n) is 4.20. The van der Waals surface area contributed by atoms with Gasteiger partial charge in [0.2, 0.25) is 15.8 Å². The molecule has 1 aromatic heterocycles. The van der Waals surface area contributed by atoms with Crippen LogP contribution in [0, 0.1) is 6.92 Å². The number of carbonyl (C=O) groups is 1. The molecule has 8 heteroatoms. The van der Waals surface area contributed by atoms with Crippen molar-refractivity contribution < 1.29 is 27.5 Å². The van der Waals surface area contributed by atoms with Crippen molar-refractivity contribution >= 4 is 16.0 Å². The average Bonchev–Trinajstić information content (AvgIpc) is 2.77. The molecular weight excluding hydrogens is 286 g/mol. The molecule has 0 bridgehead atoms. The molecule has 0 amide bonds. The van der Waals surface area contributed by atoms with Crippen LogP contribution in [0.3, 0.4) is 0 Å². The van der Waals surface area contributed by atoms with Crippen LogP contribution in [0.5, 0.6) is 0 Å². The highest BCUT2D eigenvalue weighted by Gasteiger charge is 2.23. The molecule has 1 aromatic rings. The Morgan fingerprint density at radius 1 is 1.45 bits per heavy atom. The highest BCUT2D eigenvalue weighted by atomic mass is 32.2. The van der Waals surface area contributed by atoms with Gasteiger partial charge in [-0.05, 0) is 13.3 Å². The molecule has 0 aliphatic heterocycles. The molecule has 1 rings (SSSR count). The highest BCUT2D eigenvalue weighted by Crippen LogP contribution is 2.19. The Bertz CT molecular complexity index is 548. The number of aryl methyl sites for hydroxylation is 1. The zero-order valence-electron chi connectivity index (χ0n) is 11.5. The number of ether oxygens (including phenoxy) is 1. The molecule has 0 unspecified atom stereocenters. The summed E-state index contributed by atoms with van der Waals surface area (Å²) in [6.07, 6.45) is 1.94. The zero-order valence-corrected chi connectivity index (χ0v) is 12.3. The summed E-state index contributed by atoms with van der Waals surface area (Å²) < 4.78 is 36.4. The minimum atomic E-state index is -3.78. The van der Waals surface area contributed by atoms with Crippen molar-refractivity contribution in [3.63, 3.8) is 0 Å². The maximum Gasteiger partial charge on any atom is 0.371 e. The van der Waals surface area contributed by atoms with Crippen LogP contribution in [-0.4, -0.2) is 39.3 Å². The van der Waals surface area contributed by atoms with Gasteiger partial charge in [0, 0.05) is 19.2 Å². The average molecular weight is 305 g/mol. The van der Waals surface area contributed by atoms with Crippen LogP contribution in [0.15, 0.2) is 15.4 Å². The second kappa shape index (κ2) is 7.41. The molecule has 0 aliphatic rings. The predicted molar refractivity (Wildman–Crippen MR) is 71.3 cm³/mol. The van der Waals surface area contributed by atoms with Crippen LogP contribution < -0.4 is 4.72 Å². The highest BCUT2D eigenvalue weighted by molar-refractivity contribution is 7.89. The van der Waals surface area contributed by atoms with Crippen LogP contribution in [-0.2, 0) is 14.8 Å². The molecule has 2 N–H and O–H groups in total. The first-order valence-corrected chi connectivity index (χ1v) is 7.78. The van der Waals surface area contributed by atoms with E-state index in [1.54, 1.807) is 0 Å². The van der Waals surface area contributed by atoms with E-state index in [0.717, 1.165) is 18.9 Å². The number of furan rings is 1. The summed E-state index contributed by atoms with van der Waals surface area (Å²) in [4.78, 5) is 10.6. The SMILES string of the molecule is CCCCOCCNS(=O)(=O)c1cc(C(=O)O)oc1C. The van der Waals surface area contributed by atoms with Crippen molar-refractivity contribution in [3.8, 4) is 0 Å². The van der Waals surface area contributed by atoms with Gasteiger partial charge in [-0.2, -0.15) is 0 Å². The van der Waals surface area contributed by atoms with Gasteiger partial charge in [0.1, 0.15) is 10.7 Å². The van der Waals surface area contributed by atoms with Crippen LogP contribution in [0.25, 0.3) is 0 Å². The smallest absolute Gasteiger partial charge is 0.371 e. The first-order valence-electron chi connectivity index (χ1n) is 6.29. The lowest BCUT2D eigenvalue weighted by atomic mass is 10.4. The van der Waals surface area contributed by atoms with Crippen LogP contribution >= 0.6 is 0 Å². The quantitative estimate of drug-likeness (QED) is 0.668. The summed E-state index contributed by atoms with van der Waals surface area (Å²) in [7, 11) is -3.78. The molecule has 0 saturated carbocycles. The van der Waals surface area contributed by atoms with Crippen molar-refractivity contribution in [3.05, 3.63) is 17.6 Å². The van der Waals surface area contributed by atoms with Crippen molar-refractivity contribution in [2.75, 3.05) is 19.8 Å². The number of rotatable bonds is 9. The van der Waals surface area contributed by atoms with Gasteiger partial charge in [0.05, 0.1) is 6.61 Å². The molecule has 0 atom stereocenters. The molecule has 0 aromatic carbocycles. The maximum atomic E-state index is 12.0. The van der Waals surface area contributed by atoms with Gasteiger partial charge in [-0.3, -0.25) is 0 Å². The van der Waals surface area contributed by atoms with Crippen molar-refractivity contribution in [2.24, 2.45) is 0 Å². The third-order valence-electron chi connectivity index (χ3n) is 2.55. The van der Waals surface area contributed by atoms with Gasteiger partial charge in [0.25, 0.3) is 0 Å². The number of unbranched alkanes of at least 4 members (excludes halogenated alkanes) is 1. The number of hydrogen-bond donors (Lipinski definition) is 2. The summed E-state index contributed by atoms with van der Waals surface area (Å²) in [6.45, 7) is 4.42. The Morgan fingerprint density at radius 2 is 2.15 bits per heavy atom. The first-order chi connectivity index (χ1) is 9.38. The van der Waals surface area contributed by atoms with E-state index in [1.807, 2.05) is 6.92 Å². The van der Waals surface area contributed by atoms with Gasteiger partial charge in [-0.15, -0.1) is 0 Å². The van der Waals surface area contributed by atoms with Crippen LogP contribution in [0.2, 0.25) is 0 Å². The fraction of sp³-hybridized carbons (Fsp3) is 0.583. The third-order valence-corrected chi connectivity index (χ3v) is 4.12. The molecule has 1 heterocycles. The van der Waals surface area contributed by atoms with E-state index < -0.39 is 21.8 Å². The van der Waals surface area contributed by atoms with Crippen LogP contribution in [0.1, 0.15) is 36.1 Å². The Hall–Kier alpha value is -1.38. The van der Waals surface area contributed by atoms with E-state index in [4.69, 9.17) is 14.3 Å². The Kier molecular flexibility index (Phi) is 6.18. The summed E-state index contributed by atoms with van der Waals surface area (Å²) in [5, 5.41) is 8.76. The Morgan fingerprint density at radius 3 is 2.70 bits per heavy atom. The predicted octanol–water partition coefficient (Wildman–Crippen LogP) is 1.38. The zero-order chi connectivity index (χ0) is 15.2. The number of hydrogen-bond acceptors (Lipinski definition) is 5. The lowest BCUT2D eigenvalue weighted by Crippen LogP contribution is -2.27. The fourth-order valence-corrected chi connectivity index (χ4v) is 2.70. The number of aromatic carboxylic acids is 1. The van der Waals surface area contributed by atoms with Gasteiger partial charge >= 0.3 is 5.97 Å². The molecule has 0 saturated heterocycles. The van der Waals surface area contributed by atoms with Gasteiger partial charge in [0.15, 0.2) is 0 Å². The fourth-order valence-electron chi connectivity index (χ4n) is 1.51. The van der Waals surface area contributed by atoms with E-state index >= 15 is 0 Å². The number of sulfonamides is 1. The standard InChI is InChI=1S/C12H19NO6S/c1-3-4-6-18-7-5-13-20(16,17)11-8-10(12(14)15)19-9(11)2/h8,13H,3-7H2,1-2H3,(H,14,15). The van der Waals surface area contributed by atoms with E-state index in [1.165, 1.54) is 6.92 Å². The molecule has 0 fully saturated rings. The Balaban J connectivity index is 2.58. The largest absolute Gasteiger partial charge is 0.475 e. The third kappa shape index (κ3) is 4.62. The van der Waals surface area contributed by atoms with E-state index in [0.29, 0.717) is 6.61 Å². The maximum absolute atomic E-state index is 12.0. The molecule has 0 radical (unpaired) electrons. The molecule has 0 spiro atoms. The van der Waals surface area contributed by atoms with Gasteiger partial charge in [-0.1, -0.05) is 13.3 Å². The topological polar surface area (TPSA) is 106 Å². The summed E-state index contributed by atoms with van der Waals surface area (Å²) in [5.41, 5.74) is 0. The summed E-state index contributed by atoms with van der Waals surface area (Å²) in [5.74, 6) is -1.67. The van der Waals surface area contributed by atoms with Crippen LogP contribution in [0.4, 0.5) is 0 Å². The van der Waals surface area contributed by atoms with Gasteiger partial charge in [-0.25, -0.2) is 17.9 Å². The molecule has 7 nitrogen and oxygen atoms in total. The second-order valence-corrected chi connectivity index (χ2v) is 5.94. The summed E-state index contributed by atoms with van der Waals surface area (Å²) in [6, 6.07) is 0.998. The van der Waals surface area contributed by atoms with E-state index in [2.05, 4.69) is 4.72 Å². The minimum absolute atomic E-state index is 0.0433. The van der Waals surface area contributed by atoms with E-state index in [9.17, 15) is 13.2 Å². The van der Waals surface area contributed by atoms with Crippen molar-refractivity contribution in [2.45, 2.75) is 31.6 Å². The molecule has 0 aliphatic carbocycles. The Labute approximate surface area is 118 Å². The molecule has 20 heavy (non-hydrogen) atoms. The van der Waals surface area contributed by atoms with Crippen molar-refractivity contribution in [1.82, 2.24) is 4.72 Å². The first kappa shape index (κ1) is 16.7. The monoisotopic (exact) mass is 305 g/mol. The number of nitrogens with one attached hydrogen (secondary N) is 1.